The fraction of sp³-hybridized carbons (Fsp3) is 0.381. The first-order chi connectivity index (χ1) is 12.7. The van der Waals surface area contributed by atoms with Gasteiger partial charge in [0, 0.05) is 25.4 Å². The fourth-order valence-electron chi connectivity index (χ4n) is 3.24. The summed E-state index contributed by atoms with van der Waals surface area (Å²) < 4.78 is 5.78. The highest BCUT2D eigenvalue weighted by molar-refractivity contribution is 5.73. The van der Waals surface area contributed by atoms with Crippen LogP contribution in [0, 0.1) is 0 Å². The average Bonchev–Trinajstić information content (AvgIpc) is 3.15. The van der Waals surface area contributed by atoms with Crippen molar-refractivity contribution in [2.45, 2.75) is 31.0 Å². The van der Waals surface area contributed by atoms with Gasteiger partial charge in [-0.3, -0.25) is 0 Å². The minimum absolute atomic E-state index is 0.0280. The number of nitrogens with one attached hydrogen (secondary N) is 2. The summed E-state index contributed by atoms with van der Waals surface area (Å²) in [5.74, 6) is 0.388. The van der Waals surface area contributed by atoms with Crippen LogP contribution in [0.15, 0.2) is 60.7 Å². The highest BCUT2D eigenvalue weighted by Crippen LogP contribution is 2.28. The Hall–Kier alpha value is -2.37. The molecular weight excluding hydrogens is 328 g/mol. The van der Waals surface area contributed by atoms with Crippen molar-refractivity contribution in [1.82, 2.24) is 10.6 Å². The zero-order valence-electron chi connectivity index (χ0n) is 14.8. The summed E-state index contributed by atoms with van der Waals surface area (Å²) in [5.41, 5.74) is 2.33. The number of ether oxygens (including phenoxy) is 1. The predicted octanol–water partition coefficient (Wildman–Crippen LogP) is 2.46. The normalized spacial score (nSPS) is 20.5. The molecule has 1 aliphatic rings. The molecule has 5 heteroatoms. The maximum atomic E-state index is 11.9. The van der Waals surface area contributed by atoms with Gasteiger partial charge in [-0.1, -0.05) is 60.7 Å². The molecule has 26 heavy (non-hydrogen) atoms. The van der Waals surface area contributed by atoms with E-state index in [-0.39, 0.29) is 18.7 Å². The SMILES string of the molecule is O=C(NCC(O)Cc1ccccc1)NC[C@@H]1C[C@H](c2ccccc2)CO1. The van der Waals surface area contributed by atoms with Crippen LogP contribution in [0.25, 0.3) is 0 Å². The highest BCUT2D eigenvalue weighted by atomic mass is 16.5. The van der Waals surface area contributed by atoms with Crippen LogP contribution in [0.3, 0.4) is 0 Å². The van der Waals surface area contributed by atoms with Crippen molar-refractivity contribution in [1.29, 1.82) is 0 Å². The first kappa shape index (κ1) is 18.4. The van der Waals surface area contributed by atoms with Gasteiger partial charge in [0.05, 0.1) is 18.8 Å². The number of aliphatic hydroxyl groups is 1. The van der Waals surface area contributed by atoms with E-state index in [1.807, 2.05) is 48.5 Å². The van der Waals surface area contributed by atoms with Crippen LogP contribution in [0.2, 0.25) is 0 Å². The zero-order chi connectivity index (χ0) is 18.2. The van der Waals surface area contributed by atoms with E-state index in [1.54, 1.807) is 0 Å². The van der Waals surface area contributed by atoms with Gasteiger partial charge in [-0.15, -0.1) is 0 Å². The minimum atomic E-state index is -0.603. The number of rotatable bonds is 7. The minimum Gasteiger partial charge on any atom is -0.391 e. The lowest BCUT2D eigenvalue weighted by atomic mass is 9.96. The Morgan fingerprint density at radius 2 is 1.77 bits per heavy atom. The number of amides is 2. The first-order valence-electron chi connectivity index (χ1n) is 9.11. The monoisotopic (exact) mass is 354 g/mol. The second-order valence-electron chi connectivity index (χ2n) is 6.73. The topological polar surface area (TPSA) is 70.6 Å². The van der Waals surface area contributed by atoms with Crippen molar-refractivity contribution in [3.63, 3.8) is 0 Å². The first-order valence-corrected chi connectivity index (χ1v) is 9.11. The van der Waals surface area contributed by atoms with Gasteiger partial charge >= 0.3 is 6.03 Å². The average molecular weight is 354 g/mol. The molecule has 5 nitrogen and oxygen atoms in total. The molecule has 1 heterocycles. The number of aliphatic hydroxyl groups excluding tert-OH is 1. The lowest BCUT2D eigenvalue weighted by molar-refractivity contribution is 0.109. The second kappa shape index (κ2) is 9.36. The lowest BCUT2D eigenvalue weighted by Crippen LogP contribution is -2.42. The van der Waals surface area contributed by atoms with Crippen LogP contribution in [0.4, 0.5) is 4.79 Å². The van der Waals surface area contributed by atoms with Crippen LogP contribution >= 0.6 is 0 Å². The quantitative estimate of drug-likeness (QED) is 0.715. The van der Waals surface area contributed by atoms with Crippen molar-refractivity contribution in [2.24, 2.45) is 0 Å². The van der Waals surface area contributed by atoms with E-state index in [0.717, 1.165) is 12.0 Å². The number of benzene rings is 2. The van der Waals surface area contributed by atoms with E-state index >= 15 is 0 Å². The van der Waals surface area contributed by atoms with Crippen LogP contribution < -0.4 is 10.6 Å². The zero-order valence-corrected chi connectivity index (χ0v) is 14.8. The van der Waals surface area contributed by atoms with Crippen LogP contribution in [-0.4, -0.2) is 43.0 Å². The van der Waals surface area contributed by atoms with Gasteiger partial charge in [-0.25, -0.2) is 4.79 Å². The largest absolute Gasteiger partial charge is 0.391 e. The van der Waals surface area contributed by atoms with Gasteiger partial charge < -0.3 is 20.5 Å². The summed E-state index contributed by atoms with van der Waals surface area (Å²) in [5, 5.41) is 15.6. The van der Waals surface area contributed by atoms with Crippen molar-refractivity contribution >= 4 is 6.03 Å². The van der Waals surface area contributed by atoms with Gasteiger partial charge in [0.2, 0.25) is 0 Å². The summed E-state index contributed by atoms with van der Waals surface area (Å²) >= 11 is 0. The standard InChI is InChI=1S/C21H26N2O3/c24-19(11-16-7-3-1-4-8-16)13-22-21(25)23-14-20-12-18(15-26-20)17-9-5-2-6-10-17/h1-10,18-20,24H,11-15H2,(H2,22,23,25)/t18-,19?,20-/m0/s1. The lowest BCUT2D eigenvalue weighted by Gasteiger charge is -2.14. The Morgan fingerprint density at radius 1 is 1.08 bits per heavy atom. The predicted molar refractivity (Wildman–Crippen MR) is 101 cm³/mol. The fourth-order valence-corrected chi connectivity index (χ4v) is 3.24. The smallest absolute Gasteiger partial charge is 0.314 e. The molecule has 1 saturated heterocycles. The van der Waals surface area contributed by atoms with E-state index < -0.39 is 6.10 Å². The molecule has 0 bridgehead atoms. The Kier molecular flexibility index (Phi) is 6.63. The van der Waals surface area contributed by atoms with E-state index in [2.05, 4.69) is 22.8 Å². The Morgan fingerprint density at radius 3 is 2.50 bits per heavy atom. The summed E-state index contributed by atoms with van der Waals surface area (Å²) in [6.45, 7) is 1.39. The number of carbonyl (C=O) groups excluding carboxylic acids is 1. The van der Waals surface area contributed by atoms with Gasteiger partial charge in [-0.2, -0.15) is 0 Å². The van der Waals surface area contributed by atoms with E-state index in [0.29, 0.717) is 25.5 Å². The Balaban J connectivity index is 1.33. The van der Waals surface area contributed by atoms with Gasteiger partial charge in [0.1, 0.15) is 0 Å². The molecule has 0 aromatic heterocycles. The third-order valence-corrected chi connectivity index (χ3v) is 4.65. The molecule has 1 fully saturated rings. The van der Waals surface area contributed by atoms with Crippen molar-refractivity contribution < 1.29 is 14.6 Å². The molecule has 2 amide bonds. The molecule has 2 aromatic carbocycles. The van der Waals surface area contributed by atoms with Gasteiger partial charge in [0.25, 0.3) is 0 Å². The van der Waals surface area contributed by atoms with Crippen molar-refractivity contribution in [3.05, 3.63) is 71.8 Å². The molecule has 1 unspecified atom stereocenters. The molecule has 2 aromatic rings. The van der Waals surface area contributed by atoms with Crippen LogP contribution in [-0.2, 0) is 11.2 Å². The van der Waals surface area contributed by atoms with E-state index in [4.69, 9.17) is 4.74 Å². The Bertz CT molecular complexity index is 678. The molecular formula is C21H26N2O3. The molecule has 3 atom stereocenters. The maximum absolute atomic E-state index is 11.9. The van der Waals surface area contributed by atoms with Crippen LogP contribution in [0.5, 0.6) is 0 Å². The maximum Gasteiger partial charge on any atom is 0.314 e. The van der Waals surface area contributed by atoms with Crippen molar-refractivity contribution in [2.75, 3.05) is 19.7 Å². The molecule has 3 rings (SSSR count). The molecule has 0 aliphatic carbocycles. The molecule has 0 spiro atoms. The molecule has 138 valence electrons. The number of hydrogen-bond acceptors (Lipinski definition) is 3. The summed E-state index contributed by atoms with van der Waals surface area (Å²) in [4.78, 5) is 11.9. The summed E-state index contributed by atoms with van der Waals surface area (Å²) in [6.07, 6.45) is 0.848. The molecule has 0 radical (unpaired) electrons. The molecule has 1 aliphatic heterocycles. The number of carbonyl (C=O) groups is 1. The third kappa shape index (κ3) is 5.58. The third-order valence-electron chi connectivity index (χ3n) is 4.65. The second-order valence-corrected chi connectivity index (χ2v) is 6.73. The highest BCUT2D eigenvalue weighted by Gasteiger charge is 2.26. The number of hydrogen-bond donors (Lipinski definition) is 3. The Labute approximate surface area is 154 Å². The van der Waals surface area contributed by atoms with Crippen LogP contribution in [0.1, 0.15) is 23.5 Å². The molecule has 3 N–H and O–H groups in total. The van der Waals surface area contributed by atoms with Crippen molar-refractivity contribution in [3.8, 4) is 0 Å². The van der Waals surface area contributed by atoms with Gasteiger partial charge in [-0.05, 0) is 17.5 Å². The summed E-state index contributed by atoms with van der Waals surface area (Å²) in [6, 6.07) is 19.8. The summed E-state index contributed by atoms with van der Waals surface area (Å²) in [7, 11) is 0. The number of urea groups is 1. The molecule has 0 saturated carbocycles. The van der Waals surface area contributed by atoms with E-state index in [9.17, 15) is 9.90 Å². The van der Waals surface area contributed by atoms with E-state index in [1.165, 1.54) is 5.56 Å². The van der Waals surface area contributed by atoms with Gasteiger partial charge in [0.15, 0.2) is 0 Å².